The molecule has 1 heterocycles. The topological polar surface area (TPSA) is 25.8 Å². The van der Waals surface area contributed by atoms with Crippen molar-refractivity contribution in [2.75, 3.05) is 0 Å². The average Bonchev–Trinajstić information content (AvgIpc) is 3.34. The lowest BCUT2D eigenvalue weighted by molar-refractivity contribution is 1.18. The van der Waals surface area contributed by atoms with Gasteiger partial charge >= 0.3 is 0 Å². The smallest absolute Gasteiger partial charge is 0.160 e. The Bertz CT molecular complexity index is 3320. The fraction of sp³-hybridized carbons (Fsp3) is 0. The summed E-state index contributed by atoms with van der Waals surface area (Å²) in [6.45, 7) is 0. The Morgan fingerprint density at radius 2 is 0.683 bits per heavy atom. The maximum absolute atomic E-state index is 5.11. The zero-order valence-corrected chi connectivity index (χ0v) is 32.8. The Labute approximate surface area is 349 Å². The maximum Gasteiger partial charge on any atom is 0.160 e. The first-order valence-corrected chi connectivity index (χ1v) is 20.5. The molecule has 11 aromatic rings. The van der Waals surface area contributed by atoms with Gasteiger partial charge in [-0.3, -0.25) is 0 Å². The van der Waals surface area contributed by atoms with Gasteiger partial charge in [-0.2, -0.15) is 0 Å². The fourth-order valence-electron chi connectivity index (χ4n) is 8.77. The van der Waals surface area contributed by atoms with Crippen molar-refractivity contribution in [3.63, 3.8) is 0 Å². The summed E-state index contributed by atoms with van der Waals surface area (Å²) in [5, 5.41) is 7.57. The molecule has 0 aliphatic heterocycles. The molecule has 0 amide bonds. The van der Waals surface area contributed by atoms with E-state index in [4.69, 9.17) is 9.97 Å². The van der Waals surface area contributed by atoms with Gasteiger partial charge in [0, 0.05) is 16.7 Å². The van der Waals surface area contributed by atoms with E-state index in [1.54, 1.807) is 0 Å². The van der Waals surface area contributed by atoms with Gasteiger partial charge in [-0.25, -0.2) is 9.97 Å². The first-order chi connectivity index (χ1) is 29.7. The second-order valence-electron chi connectivity index (χ2n) is 15.3. The summed E-state index contributed by atoms with van der Waals surface area (Å²) in [6.07, 6.45) is 0. The van der Waals surface area contributed by atoms with Gasteiger partial charge in [-0.15, -0.1) is 0 Å². The number of nitrogens with zero attached hydrogens (tertiary/aromatic N) is 2. The second kappa shape index (κ2) is 15.1. The molecule has 2 nitrogen and oxygen atoms in total. The Kier molecular flexibility index (Phi) is 8.87. The van der Waals surface area contributed by atoms with Crippen molar-refractivity contribution < 1.29 is 0 Å². The van der Waals surface area contributed by atoms with Crippen molar-refractivity contribution >= 4 is 32.3 Å². The number of aromatic nitrogens is 2. The van der Waals surface area contributed by atoms with E-state index < -0.39 is 0 Å². The van der Waals surface area contributed by atoms with Crippen molar-refractivity contribution in [3.05, 3.63) is 231 Å². The van der Waals surface area contributed by atoms with Crippen molar-refractivity contribution in [2.24, 2.45) is 0 Å². The molecule has 11 rings (SSSR count). The molecule has 0 saturated carbocycles. The van der Waals surface area contributed by atoms with E-state index in [1.165, 1.54) is 60.1 Å². The molecule has 60 heavy (non-hydrogen) atoms. The lowest BCUT2D eigenvalue weighted by atomic mass is 9.84. The van der Waals surface area contributed by atoms with Crippen LogP contribution >= 0.6 is 0 Å². The first kappa shape index (κ1) is 35.2. The summed E-state index contributed by atoms with van der Waals surface area (Å²) in [5.74, 6) is 0.706. The van der Waals surface area contributed by atoms with E-state index in [0.717, 1.165) is 44.8 Å². The van der Waals surface area contributed by atoms with Gasteiger partial charge in [0.2, 0.25) is 0 Å². The first-order valence-electron chi connectivity index (χ1n) is 20.5. The summed E-state index contributed by atoms with van der Waals surface area (Å²) >= 11 is 0. The lowest BCUT2D eigenvalue weighted by Gasteiger charge is -2.19. The molecule has 2 heteroatoms. The van der Waals surface area contributed by atoms with Crippen molar-refractivity contribution in [1.82, 2.24) is 9.97 Å². The fourth-order valence-corrected chi connectivity index (χ4v) is 8.77. The van der Waals surface area contributed by atoms with Crippen LogP contribution in [0, 0.1) is 0 Å². The van der Waals surface area contributed by atoms with Crippen LogP contribution in [0.5, 0.6) is 0 Å². The summed E-state index contributed by atoms with van der Waals surface area (Å²) in [6, 6.07) is 82.4. The molecule has 0 unspecified atom stereocenters. The van der Waals surface area contributed by atoms with E-state index in [1.807, 2.05) is 24.3 Å². The molecule has 0 saturated heterocycles. The number of rotatable bonds is 7. The molecule has 0 N–H and O–H groups in total. The van der Waals surface area contributed by atoms with Gasteiger partial charge in [-0.1, -0.05) is 218 Å². The van der Waals surface area contributed by atoms with Gasteiger partial charge in [0.05, 0.1) is 11.4 Å². The van der Waals surface area contributed by atoms with E-state index in [-0.39, 0.29) is 0 Å². The third-order valence-electron chi connectivity index (χ3n) is 11.7. The molecule has 0 aliphatic rings. The predicted octanol–water partition coefficient (Wildman–Crippen LogP) is 15.6. The normalized spacial score (nSPS) is 11.3. The number of fused-ring (bicyclic) bond motifs is 4. The lowest BCUT2D eigenvalue weighted by Crippen LogP contribution is -1.96. The maximum atomic E-state index is 5.11. The highest BCUT2D eigenvalue weighted by atomic mass is 14.9. The molecule has 0 fully saturated rings. The molecule has 0 radical (unpaired) electrons. The van der Waals surface area contributed by atoms with E-state index in [0.29, 0.717) is 5.82 Å². The Morgan fingerprint density at radius 1 is 0.233 bits per heavy atom. The zero-order chi connectivity index (χ0) is 39.8. The Balaban J connectivity index is 0.981. The van der Waals surface area contributed by atoms with Crippen LogP contribution in [0.15, 0.2) is 231 Å². The van der Waals surface area contributed by atoms with Gasteiger partial charge in [0.25, 0.3) is 0 Å². The van der Waals surface area contributed by atoms with Crippen LogP contribution in [0.1, 0.15) is 0 Å². The summed E-state index contributed by atoms with van der Waals surface area (Å²) < 4.78 is 0. The van der Waals surface area contributed by atoms with Gasteiger partial charge in [-0.05, 0) is 89.0 Å². The molecule has 1 aromatic heterocycles. The van der Waals surface area contributed by atoms with Crippen LogP contribution in [0.4, 0.5) is 0 Å². The largest absolute Gasteiger partial charge is 0.228 e. The molecule has 0 bridgehead atoms. The van der Waals surface area contributed by atoms with Crippen molar-refractivity contribution in [2.45, 2.75) is 0 Å². The minimum atomic E-state index is 0.706. The third kappa shape index (κ3) is 6.41. The molecule has 0 aliphatic carbocycles. The van der Waals surface area contributed by atoms with Crippen LogP contribution in [0.25, 0.3) is 111 Å². The third-order valence-corrected chi connectivity index (χ3v) is 11.7. The minimum Gasteiger partial charge on any atom is -0.228 e. The predicted molar refractivity (Wildman–Crippen MR) is 253 cm³/mol. The highest BCUT2D eigenvalue weighted by Gasteiger charge is 2.19. The number of hydrogen-bond donors (Lipinski definition) is 0. The van der Waals surface area contributed by atoms with E-state index in [2.05, 4.69) is 206 Å². The van der Waals surface area contributed by atoms with Gasteiger partial charge < -0.3 is 0 Å². The van der Waals surface area contributed by atoms with Crippen LogP contribution in [-0.2, 0) is 0 Å². The van der Waals surface area contributed by atoms with E-state index in [9.17, 15) is 0 Å². The van der Waals surface area contributed by atoms with Crippen molar-refractivity contribution in [3.8, 4) is 78.4 Å². The summed E-state index contributed by atoms with van der Waals surface area (Å²) in [7, 11) is 0. The SMILES string of the molecule is c1ccc(-c2cccc(-c3cc(-c4ccc(-c5ccc(-c6c7ccccc7c(-c7ccccc7)c7c6ccc6ccccc67)cc5)cc4)nc(-c4ccccc4)n3)c2)cc1. The number of benzene rings is 10. The van der Waals surface area contributed by atoms with Crippen LogP contribution in [0.2, 0.25) is 0 Å². The minimum absolute atomic E-state index is 0.706. The summed E-state index contributed by atoms with van der Waals surface area (Å²) in [4.78, 5) is 10.2. The van der Waals surface area contributed by atoms with Crippen LogP contribution in [0.3, 0.4) is 0 Å². The second-order valence-corrected chi connectivity index (χ2v) is 15.3. The van der Waals surface area contributed by atoms with E-state index >= 15 is 0 Å². The average molecular weight is 763 g/mol. The van der Waals surface area contributed by atoms with Crippen molar-refractivity contribution in [1.29, 1.82) is 0 Å². The highest BCUT2D eigenvalue weighted by Crippen LogP contribution is 2.46. The molecule has 280 valence electrons. The van der Waals surface area contributed by atoms with Crippen LogP contribution < -0.4 is 0 Å². The standard InChI is InChI=1S/C58H38N2/c1-4-15-39(16-5-1)47-22-14-23-48(37-47)54-38-53(59-58(60-54)46-20-8-3-9-21-46)43-31-27-40(28-32-43)41-29-33-45(34-30-41)55-50-25-12-13-26-51(50)56(44-18-6-2-7-19-44)57-49-24-11-10-17-42(49)35-36-52(55)57/h1-38H. The zero-order valence-electron chi connectivity index (χ0n) is 32.8. The molecule has 0 spiro atoms. The van der Waals surface area contributed by atoms with Gasteiger partial charge in [0.15, 0.2) is 5.82 Å². The molecule has 0 atom stereocenters. The number of hydrogen-bond acceptors (Lipinski definition) is 2. The van der Waals surface area contributed by atoms with Crippen LogP contribution in [-0.4, -0.2) is 9.97 Å². The molecule has 10 aromatic carbocycles. The quantitative estimate of drug-likeness (QED) is 0.119. The molecular weight excluding hydrogens is 725 g/mol. The Morgan fingerprint density at radius 3 is 1.35 bits per heavy atom. The monoisotopic (exact) mass is 762 g/mol. The summed E-state index contributed by atoms with van der Waals surface area (Å²) in [5.41, 5.74) is 14.5. The molecular formula is C58H38N2. The Hall–Kier alpha value is -7.94. The highest BCUT2D eigenvalue weighted by molar-refractivity contribution is 6.27. The van der Waals surface area contributed by atoms with Gasteiger partial charge in [0.1, 0.15) is 0 Å².